The number of nitrogens with one attached hydrogen (secondary N) is 1. The number of aromatic nitrogens is 3. The number of rotatable bonds is 4. The second kappa shape index (κ2) is 7.14. The van der Waals surface area contributed by atoms with Crippen LogP contribution in [0.15, 0.2) is 42.6 Å². The molecule has 3 aromatic rings. The van der Waals surface area contributed by atoms with Crippen LogP contribution in [0.1, 0.15) is 23.3 Å². The lowest BCUT2D eigenvalue weighted by molar-refractivity contribution is -0.130. The van der Waals surface area contributed by atoms with E-state index in [1.807, 2.05) is 0 Å². The summed E-state index contributed by atoms with van der Waals surface area (Å²) in [7, 11) is 0. The molecule has 1 N–H and O–H groups in total. The third-order valence-corrected chi connectivity index (χ3v) is 4.62. The van der Waals surface area contributed by atoms with Crippen molar-refractivity contribution in [3.63, 3.8) is 0 Å². The van der Waals surface area contributed by atoms with Crippen molar-refractivity contribution in [2.24, 2.45) is 0 Å². The molecule has 1 aliphatic rings. The molecule has 1 aliphatic heterocycles. The second-order valence-corrected chi connectivity index (χ2v) is 6.51. The molecule has 0 aliphatic carbocycles. The largest absolute Gasteiger partial charge is 0.341 e. The number of benzene rings is 2. The zero-order valence-electron chi connectivity index (χ0n) is 14.6. The molecule has 0 bridgehead atoms. The first-order valence-electron chi connectivity index (χ1n) is 8.78. The molecule has 0 atom stereocenters. The van der Waals surface area contributed by atoms with E-state index in [9.17, 15) is 14.0 Å². The molecule has 138 valence electrons. The minimum atomic E-state index is -0.438. The summed E-state index contributed by atoms with van der Waals surface area (Å²) in [6, 6.07) is 9.62. The van der Waals surface area contributed by atoms with Crippen molar-refractivity contribution in [2.45, 2.75) is 19.4 Å². The fraction of sp³-hybridized carbons (Fsp3) is 0.263. The molecular weight excluding hydrogens is 349 g/mol. The zero-order valence-corrected chi connectivity index (χ0v) is 14.6. The Bertz CT molecular complexity index is 1010. The van der Waals surface area contributed by atoms with E-state index in [0.717, 1.165) is 31.3 Å². The van der Waals surface area contributed by atoms with Gasteiger partial charge < -0.3 is 10.2 Å². The number of hydrogen-bond acceptors (Lipinski definition) is 4. The number of halogens is 1. The quantitative estimate of drug-likeness (QED) is 0.768. The van der Waals surface area contributed by atoms with Gasteiger partial charge in [0.15, 0.2) is 5.69 Å². The van der Waals surface area contributed by atoms with Crippen molar-refractivity contribution in [1.82, 2.24) is 19.9 Å². The Kier molecular flexibility index (Phi) is 4.53. The summed E-state index contributed by atoms with van der Waals surface area (Å²) < 4.78 is 14.7. The Labute approximate surface area is 154 Å². The molecule has 2 heterocycles. The minimum Gasteiger partial charge on any atom is -0.341 e. The van der Waals surface area contributed by atoms with Gasteiger partial charge in [-0.05, 0) is 42.5 Å². The second-order valence-electron chi connectivity index (χ2n) is 6.51. The fourth-order valence-electron chi connectivity index (χ4n) is 3.23. The molecule has 1 fully saturated rings. The maximum absolute atomic E-state index is 13.4. The Hall–Kier alpha value is -3.29. The molecule has 0 unspecified atom stereocenters. The highest BCUT2D eigenvalue weighted by molar-refractivity contribution is 6.08. The van der Waals surface area contributed by atoms with Crippen molar-refractivity contribution in [2.75, 3.05) is 18.4 Å². The van der Waals surface area contributed by atoms with Crippen LogP contribution >= 0.6 is 0 Å². The smallest absolute Gasteiger partial charge is 0.277 e. The predicted molar refractivity (Wildman–Crippen MR) is 97.7 cm³/mol. The van der Waals surface area contributed by atoms with Crippen LogP contribution in [0.2, 0.25) is 0 Å². The normalized spacial score (nSPS) is 13.9. The van der Waals surface area contributed by atoms with E-state index in [2.05, 4.69) is 15.6 Å². The van der Waals surface area contributed by atoms with Crippen LogP contribution in [0.25, 0.3) is 10.8 Å². The Morgan fingerprint density at radius 1 is 1.15 bits per heavy atom. The van der Waals surface area contributed by atoms with Gasteiger partial charge in [-0.2, -0.15) is 0 Å². The van der Waals surface area contributed by atoms with Crippen LogP contribution in [0.3, 0.4) is 0 Å². The zero-order chi connectivity index (χ0) is 18.8. The first-order valence-corrected chi connectivity index (χ1v) is 8.78. The van der Waals surface area contributed by atoms with Crippen molar-refractivity contribution in [3.05, 3.63) is 54.1 Å². The molecule has 7 nitrogen and oxygen atoms in total. The van der Waals surface area contributed by atoms with Crippen LogP contribution in [-0.4, -0.2) is 44.8 Å². The summed E-state index contributed by atoms with van der Waals surface area (Å²) in [4.78, 5) is 26.4. The molecule has 8 heteroatoms. The lowest BCUT2D eigenvalue weighted by Crippen LogP contribution is -2.31. The van der Waals surface area contributed by atoms with Gasteiger partial charge >= 0.3 is 0 Å². The van der Waals surface area contributed by atoms with Gasteiger partial charge in [-0.15, -0.1) is 5.10 Å². The van der Waals surface area contributed by atoms with E-state index < -0.39 is 5.91 Å². The molecule has 2 aromatic carbocycles. The van der Waals surface area contributed by atoms with Gasteiger partial charge in [0.25, 0.3) is 5.91 Å². The topological polar surface area (TPSA) is 80.1 Å². The number of nitrogens with zero attached hydrogens (tertiary/aromatic N) is 4. The van der Waals surface area contributed by atoms with Gasteiger partial charge in [0.1, 0.15) is 12.4 Å². The number of carbonyl (C=O) groups is 2. The third-order valence-electron chi connectivity index (χ3n) is 4.62. The third kappa shape index (κ3) is 3.64. The number of likely N-dealkylation sites (tertiary alicyclic amines) is 1. The van der Waals surface area contributed by atoms with Crippen LogP contribution < -0.4 is 5.32 Å². The first-order chi connectivity index (χ1) is 13.1. The van der Waals surface area contributed by atoms with Crippen molar-refractivity contribution in [3.8, 4) is 0 Å². The van der Waals surface area contributed by atoms with Gasteiger partial charge in [0, 0.05) is 24.2 Å². The fourth-order valence-corrected chi connectivity index (χ4v) is 3.23. The maximum atomic E-state index is 13.4. The molecule has 4 rings (SSSR count). The van der Waals surface area contributed by atoms with E-state index >= 15 is 0 Å². The monoisotopic (exact) mass is 367 g/mol. The van der Waals surface area contributed by atoms with Crippen LogP contribution in [0, 0.1) is 5.82 Å². The predicted octanol–water partition coefficient (Wildman–Crippen LogP) is 2.45. The molecule has 27 heavy (non-hydrogen) atoms. The molecule has 0 spiro atoms. The number of fused-ring (bicyclic) bond motifs is 1. The number of hydrogen-bond donors (Lipinski definition) is 1. The summed E-state index contributed by atoms with van der Waals surface area (Å²) in [5.74, 6) is -0.802. The van der Waals surface area contributed by atoms with Crippen molar-refractivity contribution in [1.29, 1.82) is 0 Å². The van der Waals surface area contributed by atoms with E-state index in [0.29, 0.717) is 11.1 Å². The van der Waals surface area contributed by atoms with Crippen LogP contribution in [0.5, 0.6) is 0 Å². The lowest BCUT2D eigenvalue weighted by atomic mass is 10.1. The first kappa shape index (κ1) is 17.1. The van der Waals surface area contributed by atoms with Crippen molar-refractivity contribution >= 4 is 28.3 Å². The van der Waals surface area contributed by atoms with Crippen LogP contribution in [-0.2, 0) is 11.3 Å². The summed E-state index contributed by atoms with van der Waals surface area (Å²) in [5.41, 5.74) is 0.670. The van der Waals surface area contributed by atoms with Crippen LogP contribution in [0.4, 0.5) is 10.1 Å². The minimum absolute atomic E-state index is 0.0274. The molecule has 0 radical (unpaired) electrons. The van der Waals surface area contributed by atoms with E-state index in [1.165, 1.54) is 23.0 Å². The molecule has 0 saturated carbocycles. The Morgan fingerprint density at radius 3 is 2.78 bits per heavy atom. The van der Waals surface area contributed by atoms with E-state index in [1.54, 1.807) is 29.2 Å². The molecule has 2 amide bonds. The van der Waals surface area contributed by atoms with Gasteiger partial charge in [-0.3, -0.25) is 9.59 Å². The summed E-state index contributed by atoms with van der Waals surface area (Å²) >= 11 is 0. The number of anilines is 1. The highest BCUT2D eigenvalue weighted by Gasteiger charge is 2.19. The molecular formula is C19H18FN5O2. The highest BCUT2D eigenvalue weighted by atomic mass is 19.1. The number of amides is 2. The lowest BCUT2D eigenvalue weighted by Gasteiger charge is -2.14. The Balaban J connectivity index is 1.48. The summed E-state index contributed by atoms with van der Waals surface area (Å²) in [6.45, 7) is 1.60. The van der Waals surface area contributed by atoms with Gasteiger partial charge in [0.2, 0.25) is 5.91 Å². The number of carbonyl (C=O) groups excluding carboxylic acids is 2. The SMILES string of the molecule is O=C(Nc1cccc2cc(F)ccc12)c1cn(CC(=O)N2CCCC2)nn1. The summed E-state index contributed by atoms with van der Waals surface area (Å²) in [6.07, 6.45) is 3.49. The van der Waals surface area contributed by atoms with Gasteiger partial charge in [-0.25, -0.2) is 9.07 Å². The summed E-state index contributed by atoms with van der Waals surface area (Å²) in [5, 5.41) is 11.9. The van der Waals surface area contributed by atoms with E-state index in [-0.39, 0.29) is 24.0 Å². The average Bonchev–Trinajstić information content (AvgIpc) is 3.33. The average molecular weight is 367 g/mol. The van der Waals surface area contributed by atoms with Crippen molar-refractivity contribution < 1.29 is 14.0 Å². The van der Waals surface area contributed by atoms with Gasteiger partial charge in [0.05, 0.1) is 6.20 Å². The maximum Gasteiger partial charge on any atom is 0.277 e. The Morgan fingerprint density at radius 2 is 1.96 bits per heavy atom. The van der Waals surface area contributed by atoms with E-state index in [4.69, 9.17) is 0 Å². The highest BCUT2D eigenvalue weighted by Crippen LogP contribution is 2.24. The standard InChI is InChI=1S/C19H18FN5O2/c20-14-6-7-15-13(10-14)4-3-5-16(15)21-19(27)17-11-25(23-22-17)12-18(26)24-8-1-2-9-24/h3-7,10-11H,1-2,8-9,12H2,(H,21,27). The van der Waals surface area contributed by atoms with Gasteiger partial charge in [-0.1, -0.05) is 17.3 Å². The molecule has 1 saturated heterocycles. The molecule has 1 aromatic heterocycles.